The molecule has 8 heteroatoms. The molecule has 3 aliphatic heterocycles. The van der Waals surface area contributed by atoms with E-state index in [2.05, 4.69) is 0 Å². The third-order valence-electron chi connectivity index (χ3n) is 5.49. The molecule has 5 rings (SSSR count). The van der Waals surface area contributed by atoms with Crippen molar-refractivity contribution in [2.75, 3.05) is 26.7 Å². The summed E-state index contributed by atoms with van der Waals surface area (Å²) in [5.41, 5.74) is 1.95. The molecular formula is C28H27NO7. The summed E-state index contributed by atoms with van der Waals surface area (Å²) in [5, 5.41) is 8.38. The van der Waals surface area contributed by atoms with Crippen molar-refractivity contribution in [3.63, 3.8) is 0 Å². The highest BCUT2D eigenvalue weighted by Gasteiger charge is 2.15. The number of carbonyl (C=O) groups is 2. The van der Waals surface area contributed by atoms with Crippen LogP contribution in [0, 0.1) is 0 Å². The number of rotatable bonds is 6. The third-order valence-corrected chi connectivity index (χ3v) is 5.49. The average molecular weight is 490 g/mol. The first-order valence-corrected chi connectivity index (χ1v) is 11.6. The molecular weight excluding hydrogens is 462 g/mol. The minimum atomic E-state index is -0.963. The van der Waals surface area contributed by atoms with Gasteiger partial charge < -0.3 is 29.0 Å². The number of likely N-dealkylation sites (tertiary alicyclic amines) is 1. The Labute approximate surface area is 209 Å². The van der Waals surface area contributed by atoms with Gasteiger partial charge in [0.2, 0.25) is 19.5 Å². The van der Waals surface area contributed by atoms with Gasteiger partial charge in [-0.25, -0.2) is 4.79 Å². The Bertz CT molecular complexity index is 1210. The predicted octanol–water partition coefficient (Wildman–Crippen LogP) is 4.68. The molecule has 36 heavy (non-hydrogen) atoms. The topological polar surface area (TPSA) is 94.5 Å². The quantitative estimate of drug-likeness (QED) is 0.465. The van der Waals surface area contributed by atoms with Crippen molar-refractivity contribution < 1.29 is 33.6 Å². The standard InChI is InChI=1S/C16H17NO3.C12H10O4/c18-16(17-9-3-4-10-17)6-2-1-5-13-7-8-14-15(11-13)20-12-19-14;13-12(14)4-2-1-3-9-5-6-10-11(7-9)16-8-15-10/h1-2,5-8,11H,3-4,9-10,12H2;1-7H,8H2,(H,13,14)/b5-1+,6-2+;3-1+,4-2+. The lowest BCUT2D eigenvalue weighted by Gasteiger charge is -2.11. The van der Waals surface area contributed by atoms with Gasteiger partial charge >= 0.3 is 5.97 Å². The molecule has 3 aliphatic rings. The molecule has 0 spiro atoms. The van der Waals surface area contributed by atoms with Crippen LogP contribution in [0.3, 0.4) is 0 Å². The van der Waals surface area contributed by atoms with Crippen molar-refractivity contribution in [2.24, 2.45) is 0 Å². The summed E-state index contributed by atoms with van der Waals surface area (Å²) in [7, 11) is 0. The Morgan fingerprint density at radius 1 is 0.694 bits per heavy atom. The molecule has 2 aromatic rings. The lowest BCUT2D eigenvalue weighted by atomic mass is 10.2. The molecule has 0 atom stereocenters. The van der Waals surface area contributed by atoms with Gasteiger partial charge in [-0.1, -0.05) is 48.6 Å². The lowest BCUT2D eigenvalue weighted by molar-refractivity contribution is -0.131. The van der Waals surface area contributed by atoms with E-state index in [1.54, 1.807) is 24.3 Å². The van der Waals surface area contributed by atoms with Crippen molar-refractivity contribution in [3.05, 3.63) is 84.0 Å². The number of hydrogen-bond donors (Lipinski definition) is 1. The molecule has 0 saturated carbocycles. The van der Waals surface area contributed by atoms with Gasteiger partial charge in [0.15, 0.2) is 23.0 Å². The molecule has 0 unspecified atom stereocenters. The molecule has 186 valence electrons. The molecule has 1 N–H and O–H groups in total. The molecule has 3 heterocycles. The summed E-state index contributed by atoms with van der Waals surface area (Å²) in [4.78, 5) is 23.9. The normalized spacial score (nSPS) is 15.8. The van der Waals surface area contributed by atoms with Gasteiger partial charge in [0.05, 0.1) is 0 Å². The largest absolute Gasteiger partial charge is 0.478 e. The van der Waals surface area contributed by atoms with Crippen LogP contribution in [-0.4, -0.2) is 48.6 Å². The molecule has 0 aromatic heterocycles. The van der Waals surface area contributed by atoms with E-state index in [1.807, 2.05) is 53.5 Å². The molecule has 0 bridgehead atoms. The van der Waals surface area contributed by atoms with Crippen LogP contribution in [0.2, 0.25) is 0 Å². The number of carboxylic acids is 1. The first-order chi connectivity index (χ1) is 17.6. The maximum absolute atomic E-state index is 11.8. The van der Waals surface area contributed by atoms with E-state index in [4.69, 9.17) is 24.1 Å². The van der Waals surface area contributed by atoms with Crippen LogP contribution in [0.25, 0.3) is 12.2 Å². The van der Waals surface area contributed by atoms with Crippen LogP contribution in [0.5, 0.6) is 23.0 Å². The number of ether oxygens (including phenoxy) is 4. The fourth-order valence-corrected chi connectivity index (χ4v) is 3.69. The Hall–Kier alpha value is -4.46. The van der Waals surface area contributed by atoms with Crippen LogP contribution in [0.15, 0.2) is 72.9 Å². The van der Waals surface area contributed by atoms with Crippen LogP contribution in [-0.2, 0) is 9.59 Å². The van der Waals surface area contributed by atoms with Crippen LogP contribution < -0.4 is 18.9 Å². The van der Waals surface area contributed by atoms with Gasteiger partial charge in [0.1, 0.15) is 0 Å². The molecule has 8 nitrogen and oxygen atoms in total. The first-order valence-electron chi connectivity index (χ1n) is 11.6. The van der Waals surface area contributed by atoms with E-state index < -0.39 is 5.97 Å². The molecule has 2 aromatic carbocycles. The molecule has 1 saturated heterocycles. The number of allylic oxidation sites excluding steroid dienone is 4. The van der Waals surface area contributed by atoms with E-state index >= 15 is 0 Å². The number of carboxylic acid groups (broad SMARTS) is 1. The highest BCUT2D eigenvalue weighted by atomic mass is 16.7. The zero-order valence-electron chi connectivity index (χ0n) is 19.7. The number of amides is 1. The Morgan fingerprint density at radius 2 is 1.19 bits per heavy atom. The summed E-state index contributed by atoms with van der Waals surface area (Å²) in [5.74, 6) is 2.13. The molecule has 0 aliphatic carbocycles. The SMILES string of the molecule is O=C(/C=C/C=C/c1ccc2c(c1)OCO2)N1CCCC1.O=C(O)/C=C/C=C/c1ccc2c(c1)OCO2. The molecule has 1 fully saturated rings. The lowest BCUT2D eigenvalue weighted by Crippen LogP contribution is -2.25. The average Bonchev–Trinajstić information content (AvgIpc) is 3.66. The highest BCUT2D eigenvalue weighted by molar-refractivity contribution is 5.88. The number of nitrogens with zero attached hydrogens (tertiary/aromatic N) is 1. The van der Waals surface area contributed by atoms with Gasteiger partial charge in [0, 0.05) is 25.2 Å². The van der Waals surface area contributed by atoms with Gasteiger partial charge in [-0.05, 0) is 48.2 Å². The van der Waals surface area contributed by atoms with Gasteiger partial charge in [0.25, 0.3) is 0 Å². The fraction of sp³-hybridized carbons (Fsp3) is 0.214. The maximum Gasteiger partial charge on any atom is 0.328 e. The number of fused-ring (bicyclic) bond motifs is 2. The van der Waals surface area contributed by atoms with Crippen molar-refractivity contribution in [2.45, 2.75) is 12.8 Å². The summed E-state index contributed by atoms with van der Waals surface area (Å²) in [6.45, 7) is 2.30. The van der Waals surface area contributed by atoms with Gasteiger partial charge in [-0.2, -0.15) is 0 Å². The number of hydrogen-bond acceptors (Lipinski definition) is 6. The smallest absolute Gasteiger partial charge is 0.328 e. The van der Waals surface area contributed by atoms with Crippen LogP contribution >= 0.6 is 0 Å². The molecule has 0 radical (unpaired) electrons. The van der Waals surface area contributed by atoms with E-state index in [9.17, 15) is 9.59 Å². The Morgan fingerprint density at radius 3 is 1.72 bits per heavy atom. The zero-order valence-corrected chi connectivity index (χ0v) is 19.7. The summed E-state index contributed by atoms with van der Waals surface area (Å²) in [6.07, 6.45) is 15.4. The van der Waals surface area contributed by atoms with Crippen molar-refractivity contribution in [1.82, 2.24) is 4.90 Å². The van der Waals surface area contributed by atoms with Crippen molar-refractivity contribution >= 4 is 24.0 Å². The second-order valence-electron chi connectivity index (χ2n) is 8.03. The minimum absolute atomic E-state index is 0.0952. The number of carbonyl (C=O) groups excluding carboxylic acids is 1. The summed E-state index contributed by atoms with van der Waals surface area (Å²) in [6, 6.07) is 11.3. The van der Waals surface area contributed by atoms with E-state index in [-0.39, 0.29) is 19.5 Å². The minimum Gasteiger partial charge on any atom is -0.478 e. The van der Waals surface area contributed by atoms with Crippen LogP contribution in [0.4, 0.5) is 0 Å². The second-order valence-corrected chi connectivity index (χ2v) is 8.03. The monoisotopic (exact) mass is 489 g/mol. The second kappa shape index (κ2) is 12.3. The number of aliphatic carboxylic acids is 1. The number of benzene rings is 2. The van der Waals surface area contributed by atoms with Gasteiger partial charge in [-0.3, -0.25) is 4.79 Å². The first kappa shape index (κ1) is 24.7. The van der Waals surface area contributed by atoms with Crippen molar-refractivity contribution in [3.8, 4) is 23.0 Å². The fourth-order valence-electron chi connectivity index (χ4n) is 3.69. The highest BCUT2D eigenvalue weighted by Crippen LogP contribution is 2.33. The summed E-state index contributed by atoms with van der Waals surface area (Å²) < 4.78 is 21.0. The van der Waals surface area contributed by atoms with E-state index in [1.165, 1.54) is 6.08 Å². The predicted molar refractivity (Wildman–Crippen MR) is 135 cm³/mol. The Balaban J connectivity index is 0.000000174. The Kier molecular flexibility index (Phi) is 8.43. The van der Waals surface area contributed by atoms with E-state index in [0.717, 1.165) is 60.4 Å². The van der Waals surface area contributed by atoms with Crippen LogP contribution in [0.1, 0.15) is 24.0 Å². The maximum atomic E-state index is 11.8. The molecule has 1 amide bonds. The zero-order chi connectivity index (χ0) is 25.2. The summed E-state index contributed by atoms with van der Waals surface area (Å²) >= 11 is 0. The van der Waals surface area contributed by atoms with Gasteiger partial charge in [-0.15, -0.1) is 0 Å². The third kappa shape index (κ3) is 7.02. The van der Waals surface area contributed by atoms with E-state index in [0.29, 0.717) is 5.75 Å². The van der Waals surface area contributed by atoms with Crippen molar-refractivity contribution in [1.29, 1.82) is 0 Å².